The topological polar surface area (TPSA) is 52.5 Å². The third-order valence-electron chi connectivity index (χ3n) is 6.90. The highest BCUT2D eigenvalue weighted by atomic mass is 19.4. The molecule has 0 atom stereocenters. The molecule has 1 aromatic heterocycles. The third-order valence-corrected chi connectivity index (χ3v) is 6.90. The zero-order chi connectivity index (χ0) is 27.1. The van der Waals surface area contributed by atoms with E-state index in [4.69, 9.17) is 0 Å². The molecule has 3 nitrogen and oxygen atoms in total. The summed E-state index contributed by atoms with van der Waals surface area (Å²) in [6, 6.07) is 35.9. The van der Waals surface area contributed by atoms with Crippen molar-refractivity contribution >= 4 is 21.8 Å². The zero-order valence-electron chi connectivity index (χ0n) is 20.4. The van der Waals surface area contributed by atoms with E-state index in [0.29, 0.717) is 33.0 Å². The highest BCUT2D eigenvalue weighted by Gasteiger charge is 2.31. The summed E-state index contributed by atoms with van der Waals surface area (Å²) in [5.74, 6) is 0. The Morgan fingerprint density at radius 1 is 0.615 bits per heavy atom. The summed E-state index contributed by atoms with van der Waals surface area (Å²) in [6.07, 6.45) is -4.46. The fourth-order valence-electron chi connectivity index (χ4n) is 5.23. The fraction of sp³-hybridized carbons (Fsp3) is 0.0303. The molecule has 1 heterocycles. The predicted octanol–water partition coefficient (Wildman–Crippen LogP) is 8.88. The van der Waals surface area contributed by atoms with E-state index >= 15 is 0 Å². The summed E-state index contributed by atoms with van der Waals surface area (Å²) in [6.45, 7) is 0. The molecule has 186 valence electrons. The van der Waals surface area contributed by atoms with Crippen molar-refractivity contribution in [3.8, 4) is 40.1 Å². The van der Waals surface area contributed by atoms with Crippen molar-refractivity contribution in [1.82, 2.24) is 4.57 Å². The van der Waals surface area contributed by atoms with Crippen molar-refractivity contribution in [2.45, 2.75) is 6.18 Å². The van der Waals surface area contributed by atoms with Gasteiger partial charge in [0.15, 0.2) is 0 Å². The van der Waals surface area contributed by atoms with E-state index in [1.165, 1.54) is 12.1 Å². The number of aromatic nitrogens is 1. The number of alkyl halides is 3. The van der Waals surface area contributed by atoms with E-state index in [9.17, 15) is 23.7 Å². The lowest BCUT2D eigenvalue weighted by Crippen LogP contribution is -2.04. The Hall–Kier alpha value is -5.33. The molecule has 0 bridgehead atoms. The fourth-order valence-corrected chi connectivity index (χ4v) is 5.23. The van der Waals surface area contributed by atoms with E-state index in [0.717, 1.165) is 34.0 Å². The maximum atomic E-state index is 13.6. The summed E-state index contributed by atoms with van der Waals surface area (Å²) in [4.78, 5) is 0. The van der Waals surface area contributed by atoms with Crippen molar-refractivity contribution in [3.05, 3.63) is 126 Å². The summed E-state index contributed by atoms with van der Waals surface area (Å²) in [5, 5.41) is 20.7. The first-order valence-corrected chi connectivity index (χ1v) is 12.1. The van der Waals surface area contributed by atoms with Gasteiger partial charge in [0.25, 0.3) is 0 Å². The minimum absolute atomic E-state index is 0.453. The number of benzene rings is 5. The molecule has 0 amide bonds. The quantitative estimate of drug-likeness (QED) is 0.237. The monoisotopic (exact) mass is 513 g/mol. The summed E-state index contributed by atoms with van der Waals surface area (Å²) in [5.41, 5.74) is 5.38. The number of nitrogens with zero attached hydrogens (tertiary/aromatic N) is 3. The van der Waals surface area contributed by atoms with Crippen LogP contribution in [-0.4, -0.2) is 4.57 Å². The highest BCUT2D eigenvalue weighted by molar-refractivity contribution is 6.10. The Morgan fingerprint density at radius 2 is 1.33 bits per heavy atom. The first-order valence-electron chi connectivity index (χ1n) is 12.1. The normalized spacial score (nSPS) is 11.4. The van der Waals surface area contributed by atoms with Crippen LogP contribution in [0.2, 0.25) is 0 Å². The molecule has 0 unspecified atom stereocenters. The number of hydrogen-bond acceptors (Lipinski definition) is 2. The van der Waals surface area contributed by atoms with Gasteiger partial charge in [-0.05, 0) is 59.7 Å². The molecule has 5 aromatic carbocycles. The van der Waals surface area contributed by atoms with Crippen LogP contribution in [0.3, 0.4) is 0 Å². The molecular weight excluding hydrogens is 495 g/mol. The minimum atomic E-state index is -4.46. The molecule has 6 rings (SSSR count). The van der Waals surface area contributed by atoms with Gasteiger partial charge in [0.2, 0.25) is 0 Å². The molecule has 0 aliphatic rings. The number of rotatable bonds is 3. The van der Waals surface area contributed by atoms with Gasteiger partial charge >= 0.3 is 6.18 Å². The maximum absolute atomic E-state index is 13.6. The molecule has 0 saturated carbocycles. The Bertz CT molecular complexity index is 1990. The molecule has 6 aromatic rings. The van der Waals surface area contributed by atoms with Gasteiger partial charge in [0, 0.05) is 21.9 Å². The van der Waals surface area contributed by atoms with Crippen LogP contribution >= 0.6 is 0 Å². The largest absolute Gasteiger partial charge is 0.416 e. The van der Waals surface area contributed by atoms with Crippen LogP contribution in [0.15, 0.2) is 109 Å². The van der Waals surface area contributed by atoms with Gasteiger partial charge < -0.3 is 4.57 Å². The molecule has 0 aliphatic carbocycles. The highest BCUT2D eigenvalue weighted by Crippen LogP contribution is 2.42. The molecule has 0 aliphatic heterocycles. The second-order valence-electron chi connectivity index (χ2n) is 9.13. The summed E-state index contributed by atoms with van der Waals surface area (Å²) in [7, 11) is 0. The lowest BCUT2D eigenvalue weighted by Gasteiger charge is -2.18. The molecule has 0 radical (unpaired) electrons. The van der Waals surface area contributed by atoms with E-state index < -0.39 is 11.7 Å². The molecule has 0 spiro atoms. The van der Waals surface area contributed by atoms with Gasteiger partial charge in [0.05, 0.1) is 45.5 Å². The number of hydrogen-bond donors (Lipinski definition) is 0. The molecule has 0 saturated heterocycles. The van der Waals surface area contributed by atoms with Crippen molar-refractivity contribution in [2.24, 2.45) is 0 Å². The van der Waals surface area contributed by atoms with Gasteiger partial charge in [-0.2, -0.15) is 23.7 Å². The Morgan fingerprint density at radius 3 is 2.13 bits per heavy atom. The van der Waals surface area contributed by atoms with Gasteiger partial charge in [0.1, 0.15) is 0 Å². The van der Waals surface area contributed by atoms with E-state index in [2.05, 4.69) is 12.1 Å². The summed E-state index contributed by atoms with van der Waals surface area (Å²) < 4.78 is 42.8. The SMILES string of the molecule is N#Cc1cccc(-c2c(C#N)cccc2-c2ccccc2-n2c3ccccc3c3cc(C(F)(F)F)ccc32)c1. The molecule has 39 heavy (non-hydrogen) atoms. The van der Waals surface area contributed by atoms with Gasteiger partial charge in [-0.25, -0.2) is 0 Å². The molecule has 0 fully saturated rings. The van der Waals surface area contributed by atoms with Crippen LogP contribution in [0.1, 0.15) is 16.7 Å². The number of para-hydroxylation sites is 2. The average Bonchev–Trinajstić information content (AvgIpc) is 3.30. The first kappa shape index (κ1) is 24.0. The molecule has 0 N–H and O–H groups in total. The average molecular weight is 514 g/mol. The van der Waals surface area contributed by atoms with Crippen LogP contribution in [0.5, 0.6) is 0 Å². The van der Waals surface area contributed by atoms with E-state index in [1.807, 2.05) is 71.3 Å². The van der Waals surface area contributed by atoms with Crippen molar-refractivity contribution < 1.29 is 13.2 Å². The predicted molar refractivity (Wildman–Crippen MR) is 146 cm³/mol. The lowest BCUT2D eigenvalue weighted by molar-refractivity contribution is -0.137. The van der Waals surface area contributed by atoms with Crippen LogP contribution in [0.4, 0.5) is 13.2 Å². The standard InChI is InChI=1S/C33H18F3N3/c34-33(35,36)24-15-16-31-28(18-24)26-11-2-4-14-30(26)39(31)29-13-3-1-10-25(29)27-12-6-9-23(20-38)32(27)22-8-5-7-21(17-22)19-37/h1-18H. The van der Waals surface area contributed by atoms with Crippen molar-refractivity contribution in [1.29, 1.82) is 10.5 Å². The second-order valence-corrected chi connectivity index (χ2v) is 9.13. The van der Waals surface area contributed by atoms with Crippen LogP contribution < -0.4 is 0 Å². The third kappa shape index (κ3) is 4.00. The van der Waals surface area contributed by atoms with Gasteiger partial charge in [-0.3, -0.25) is 0 Å². The Labute approximate surface area is 222 Å². The van der Waals surface area contributed by atoms with Crippen molar-refractivity contribution in [3.63, 3.8) is 0 Å². The van der Waals surface area contributed by atoms with Crippen LogP contribution in [0, 0.1) is 22.7 Å². The van der Waals surface area contributed by atoms with Gasteiger partial charge in [-0.15, -0.1) is 0 Å². The van der Waals surface area contributed by atoms with Crippen LogP contribution in [0.25, 0.3) is 49.7 Å². The maximum Gasteiger partial charge on any atom is 0.416 e. The molecular formula is C33H18F3N3. The minimum Gasteiger partial charge on any atom is -0.309 e. The second kappa shape index (κ2) is 9.20. The first-order chi connectivity index (χ1) is 18.9. The molecule has 6 heteroatoms. The zero-order valence-corrected chi connectivity index (χ0v) is 20.4. The van der Waals surface area contributed by atoms with E-state index in [1.54, 1.807) is 24.3 Å². The van der Waals surface area contributed by atoms with Crippen molar-refractivity contribution in [2.75, 3.05) is 0 Å². The Kier molecular flexibility index (Phi) is 5.67. The van der Waals surface area contributed by atoms with E-state index in [-0.39, 0.29) is 0 Å². The lowest BCUT2D eigenvalue weighted by atomic mass is 9.89. The van der Waals surface area contributed by atoms with Crippen LogP contribution in [-0.2, 0) is 6.18 Å². The number of nitriles is 2. The number of fused-ring (bicyclic) bond motifs is 3. The smallest absolute Gasteiger partial charge is 0.309 e. The number of halogens is 3. The Balaban J connectivity index is 1.68. The summed E-state index contributed by atoms with van der Waals surface area (Å²) >= 11 is 0. The van der Waals surface area contributed by atoms with Gasteiger partial charge in [-0.1, -0.05) is 60.7 Å².